The Morgan fingerprint density at radius 2 is 2.00 bits per heavy atom. The van der Waals surface area contributed by atoms with Crippen LogP contribution in [0.4, 0.5) is 0 Å². The maximum atomic E-state index is 12.1. The molecule has 0 saturated heterocycles. The zero-order chi connectivity index (χ0) is 15.5. The predicted octanol–water partition coefficient (Wildman–Crippen LogP) is 1.11. The van der Waals surface area contributed by atoms with Crippen LogP contribution in [0.1, 0.15) is 23.7 Å². The molecule has 0 aliphatic carbocycles. The summed E-state index contributed by atoms with van der Waals surface area (Å²) in [6.45, 7) is 1.77. The molecule has 0 aliphatic heterocycles. The Labute approximate surface area is 127 Å². The summed E-state index contributed by atoms with van der Waals surface area (Å²) >= 11 is 0.684. The van der Waals surface area contributed by atoms with Crippen LogP contribution in [-0.4, -0.2) is 19.9 Å². The number of thiazole rings is 1. The molecule has 1 aromatic heterocycles. The molecule has 0 fully saturated rings. The summed E-state index contributed by atoms with van der Waals surface area (Å²) in [7, 11) is -3.67. The van der Waals surface area contributed by atoms with Crippen molar-refractivity contribution in [1.29, 1.82) is 0 Å². The molecule has 1 atom stereocenters. The fourth-order valence-corrected chi connectivity index (χ4v) is 4.32. The lowest BCUT2D eigenvalue weighted by molar-refractivity contribution is 0.570. The van der Waals surface area contributed by atoms with Crippen molar-refractivity contribution < 1.29 is 8.42 Å². The summed E-state index contributed by atoms with van der Waals surface area (Å²) in [6, 6.07) is 9.25. The van der Waals surface area contributed by atoms with Crippen molar-refractivity contribution in [3.63, 3.8) is 0 Å². The van der Waals surface area contributed by atoms with Gasteiger partial charge < -0.3 is 10.7 Å². The Bertz CT molecular complexity index is 750. The van der Waals surface area contributed by atoms with E-state index in [1.54, 1.807) is 6.92 Å². The number of rotatable bonds is 6. The Morgan fingerprint density at radius 3 is 2.57 bits per heavy atom. The van der Waals surface area contributed by atoms with E-state index in [4.69, 9.17) is 5.73 Å². The van der Waals surface area contributed by atoms with E-state index in [0.29, 0.717) is 23.5 Å². The topological polar surface area (TPSA) is 105 Å². The highest BCUT2D eigenvalue weighted by atomic mass is 32.2. The van der Waals surface area contributed by atoms with Gasteiger partial charge in [-0.05, 0) is 18.9 Å². The summed E-state index contributed by atoms with van der Waals surface area (Å²) in [5, 5.41) is 0. The lowest BCUT2D eigenvalue weighted by Gasteiger charge is -2.12. The molecule has 21 heavy (non-hydrogen) atoms. The van der Waals surface area contributed by atoms with Crippen molar-refractivity contribution in [1.82, 2.24) is 9.71 Å². The average Bonchev–Trinajstić information content (AvgIpc) is 2.79. The smallest absolute Gasteiger partial charge is 0.305 e. The first-order valence-corrected chi connectivity index (χ1v) is 8.70. The van der Waals surface area contributed by atoms with Gasteiger partial charge in [0.2, 0.25) is 0 Å². The Balaban J connectivity index is 1.97. The quantitative estimate of drug-likeness (QED) is 0.739. The molecule has 2 rings (SSSR count). The summed E-state index contributed by atoms with van der Waals surface area (Å²) in [4.78, 5) is 13.3. The maximum Gasteiger partial charge on any atom is 0.305 e. The molecule has 1 unspecified atom stereocenters. The number of aromatic amines is 1. The van der Waals surface area contributed by atoms with Crippen LogP contribution in [0.25, 0.3) is 0 Å². The van der Waals surface area contributed by atoms with Crippen molar-refractivity contribution >= 4 is 21.4 Å². The van der Waals surface area contributed by atoms with Crippen molar-refractivity contribution in [3.05, 3.63) is 51.3 Å². The van der Waals surface area contributed by atoms with Gasteiger partial charge in [-0.15, -0.1) is 0 Å². The number of aromatic nitrogens is 1. The molecule has 1 heterocycles. The van der Waals surface area contributed by atoms with Crippen LogP contribution in [0, 0.1) is 6.92 Å². The minimum Gasteiger partial charge on any atom is -0.324 e. The van der Waals surface area contributed by atoms with E-state index in [1.807, 2.05) is 30.3 Å². The van der Waals surface area contributed by atoms with E-state index < -0.39 is 10.0 Å². The largest absolute Gasteiger partial charge is 0.324 e. The van der Waals surface area contributed by atoms with Crippen molar-refractivity contribution in [2.24, 2.45) is 5.73 Å². The van der Waals surface area contributed by atoms with Crippen LogP contribution in [-0.2, 0) is 10.0 Å². The predicted molar refractivity (Wildman–Crippen MR) is 82.9 cm³/mol. The third-order valence-electron chi connectivity index (χ3n) is 3.00. The van der Waals surface area contributed by atoms with Gasteiger partial charge in [-0.1, -0.05) is 41.7 Å². The number of sulfonamides is 1. The second-order valence-electron chi connectivity index (χ2n) is 4.63. The zero-order valence-electron chi connectivity index (χ0n) is 11.5. The molecule has 0 spiro atoms. The molecule has 1 aromatic carbocycles. The molecule has 6 nitrogen and oxygen atoms in total. The van der Waals surface area contributed by atoms with E-state index in [-0.39, 0.29) is 21.7 Å². The lowest BCUT2D eigenvalue weighted by Crippen LogP contribution is -2.27. The van der Waals surface area contributed by atoms with Crippen LogP contribution in [0.3, 0.4) is 0 Å². The van der Waals surface area contributed by atoms with E-state index in [0.717, 1.165) is 5.56 Å². The van der Waals surface area contributed by atoms with Crippen molar-refractivity contribution in [2.75, 3.05) is 6.54 Å². The number of nitrogens with two attached hydrogens (primary N) is 1. The van der Waals surface area contributed by atoms with Gasteiger partial charge in [-0.25, -0.2) is 13.1 Å². The maximum absolute atomic E-state index is 12.1. The monoisotopic (exact) mass is 327 g/mol. The second kappa shape index (κ2) is 6.52. The molecule has 0 amide bonds. The molecule has 0 aliphatic rings. The van der Waals surface area contributed by atoms with Gasteiger partial charge in [-0.3, -0.25) is 4.79 Å². The fraction of sp³-hybridized carbons (Fsp3) is 0.308. The van der Waals surface area contributed by atoms with Crippen LogP contribution >= 0.6 is 11.3 Å². The minimum absolute atomic E-state index is 0.0285. The number of hydrogen-bond acceptors (Lipinski definition) is 5. The van der Waals surface area contributed by atoms with E-state index in [2.05, 4.69) is 9.71 Å². The second-order valence-corrected chi connectivity index (χ2v) is 7.58. The lowest BCUT2D eigenvalue weighted by atomic mass is 10.1. The molecule has 0 radical (unpaired) electrons. The van der Waals surface area contributed by atoms with Gasteiger partial charge >= 0.3 is 4.87 Å². The standard InChI is InChI=1S/C13H17N3O3S2/c1-9-12(20-13(17)16-9)21(18,19)15-8-7-11(14)10-5-3-2-4-6-10/h2-6,11,15H,7-8,14H2,1H3,(H,16,17). The SMILES string of the molecule is Cc1[nH]c(=O)sc1S(=O)(=O)NCCC(N)c1ccccc1. The van der Waals surface area contributed by atoms with E-state index in [1.165, 1.54) is 0 Å². The van der Waals surface area contributed by atoms with E-state index in [9.17, 15) is 13.2 Å². The summed E-state index contributed by atoms with van der Waals surface area (Å²) < 4.78 is 26.7. The average molecular weight is 327 g/mol. The summed E-state index contributed by atoms with van der Waals surface area (Å²) in [5.41, 5.74) is 7.32. The number of nitrogens with one attached hydrogen (secondary N) is 2. The molecule has 0 bridgehead atoms. The molecular weight excluding hydrogens is 310 g/mol. The van der Waals surface area contributed by atoms with Gasteiger partial charge in [-0.2, -0.15) is 0 Å². The third kappa shape index (κ3) is 4.01. The van der Waals surface area contributed by atoms with Crippen LogP contribution < -0.4 is 15.3 Å². The summed E-state index contributed by atoms with van der Waals surface area (Å²) in [6.07, 6.45) is 0.474. The zero-order valence-corrected chi connectivity index (χ0v) is 13.1. The summed E-state index contributed by atoms with van der Waals surface area (Å²) in [5.74, 6) is 0. The Morgan fingerprint density at radius 1 is 1.33 bits per heavy atom. The van der Waals surface area contributed by atoms with Crippen molar-refractivity contribution in [2.45, 2.75) is 23.6 Å². The van der Waals surface area contributed by atoms with Gasteiger partial charge in [0.15, 0.2) is 4.21 Å². The third-order valence-corrected chi connectivity index (χ3v) is 6.07. The molecular formula is C13H17N3O3S2. The highest BCUT2D eigenvalue weighted by Crippen LogP contribution is 2.16. The molecule has 114 valence electrons. The normalized spacial score (nSPS) is 13.2. The highest BCUT2D eigenvalue weighted by molar-refractivity contribution is 7.91. The van der Waals surface area contributed by atoms with Gasteiger partial charge in [0.1, 0.15) is 0 Å². The first-order chi connectivity index (χ1) is 9.90. The first kappa shape index (κ1) is 15.9. The fourth-order valence-electron chi connectivity index (χ4n) is 1.93. The van der Waals surface area contributed by atoms with Crippen molar-refractivity contribution in [3.8, 4) is 0 Å². The minimum atomic E-state index is -3.67. The number of hydrogen-bond donors (Lipinski definition) is 3. The molecule has 8 heteroatoms. The number of benzene rings is 1. The molecule has 0 saturated carbocycles. The number of H-pyrrole nitrogens is 1. The molecule has 4 N–H and O–H groups in total. The van der Waals surface area contributed by atoms with Crippen LogP contribution in [0.15, 0.2) is 39.3 Å². The van der Waals surface area contributed by atoms with Crippen LogP contribution in [0.2, 0.25) is 0 Å². The van der Waals surface area contributed by atoms with E-state index >= 15 is 0 Å². The Hall–Kier alpha value is -1.48. The van der Waals surface area contributed by atoms with Crippen LogP contribution in [0.5, 0.6) is 0 Å². The van der Waals surface area contributed by atoms with Gasteiger partial charge in [0, 0.05) is 18.3 Å². The highest BCUT2D eigenvalue weighted by Gasteiger charge is 2.20. The number of aryl methyl sites for hydroxylation is 1. The first-order valence-electron chi connectivity index (χ1n) is 6.40. The Kier molecular flexibility index (Phi) is 4.94. The van der Waals surface area contributed by atoms with Gasteiger partial charge in [0.05, 0.1) is 0 Å². The molecule has 2 aromatic rings. The van der Waals surface area contributed by atoms with Gasteiger partial charge in [0.25, 0.3) is 10.0 Å².